The summed E-state index contributed by atoms with van der Waals surface area (Å²) in [5.74, 6) is 0.00130. The van der Waals surface area contributed by atoms with Crippen LogP contribution in [0.25, 0.3) is 10.7 Å². The summed E-state index contributed by atoms with van der Waals surface area (Å²) in [6.07, 6.45) is 2.66. The molecule has 7 nitrogen and oxygen atoms in total. The monoisotopic (exact) mass is 385 g/mol. The number of carbonyl (C=O) groups is 1. The number of rotatable bonds is 6. The van der Waals surface area contributed by atoms with Crippen LogP contribution in [0.3, 0.4) is 0 Å². The van der Waals surface area contributed by atoms with Gasteiger partial charge in [-0.3, -0.25) is 9.69 Å². The van der Waals surface area contributed by atoms with Crippen molar-refractivity contribution in [3.63, 3.8) is 0 Å². The van der Waals surface area contributed by atoms with Crippen LogP contribution in [0.2, 0.25) is 0 Å². The van der Waals surface area contributed by atoms with Gasteiger partial charge < -0.3 is 10.0 Å². The summed E-state index contributed by atoms with van der Waals surface area (Å²) >= 11 is 1.33. The molecule has 1 aliphatic rings. The lowest BCUT2D eigenvalue weighted by Gasteiger charge is -2.26. The average molecular weight is 385 g/mol. The molecule has 1 atom stereocenters. The fraction of sp³-hybridized carbons (Fsp3) is 0.474. The van der Waals surface area contributed by atoms with Crippen molar-refractivity contribution in [2.75, 3.05) is 26.2 Å². The summed E-state index contributed by atoms with van der Waals surface area (Å²) in [6, 6.07) is 3.74. The van der Waals surface area contributed by atoms with Gasteiger partial charge in [-0.1, -0.05) is 13.8 Å². The number of aromatic hydroxyl groups is 1. The Morgan fingerprint density at radius 3 is 2.93 bits per heavy atom. The second kappa shape index (κ2) is 8.46. The molecule has 0 saturated carbocycles. The van der Waals surface area contributed by atoms with Crippen molar-refractivity contribution in [2.24, 2.45) is 0 Å². The fourth-order valence-electron chi connectivity index (χ4n) is 3.45. The quantitative estimate of drug-likeness (QED) is 0.820. The van der Waals surface area contributed by atoms with Gasteiger partial charge in [0.1, 0.15) is 22.5 Å². The topological polar surface area (TPSA) is 93.3 Å². The smallest absolute Gasteiger partial charge is 0.228 e. The van der Waals surface area contributed by atoms with Gasteiger partial charge in [0.2, 0.25) is 5.91 Å². The van der Waals surface area contributed by atoms with E-state index in [2.05, 4.69) is 28.7 Å². The number of pyridine rings is 1. The van der Waals surface area contributed by atoms with E-state index in [-0.39, 0.29) is 18.1 Å². The molecule has 0 bridgehead atoms. The van der Waals surface area contributed by atoms with E-state index in [0.29, 0.717) is 28.0 Å². The minimum Gasteiger partial charge on any atom is -0.506 e. The van der Waals surface area contributed by atoms with Crippen LogP contribution in [-0.4, -0.2) is 63.0 Å². The molecule has 1 fully saturated rings. The largest absolute Gasteiger partial charge is 0.506 e. The van der Waals surface area contributed by atoms with Crippen molar-refractivity contribution in [2.45, 2.75) is 32.7 Å². The normalized spacial score (nSPS) is 16.7. The maximum atomic E-state index is 12.6. The molecule has 3 heterocycles. The molecular formula is C19H23N5O2S. The number of carbonyl (C=O) groups excluding carboxylic acids is 1. The van der Waals surface area contributed by atoms with Gasteiger partial charge in [-0.25, -0.2) is 9.97 Å². The van der Waals surface area contributed by atoms with Gasteiger partial charge in [-0.15, -0.1) is 11.3 Å². The average Bonchev–Trinajstić information content (AvgIpc) is 3.33. The summed E-state index contributed by atoms with van der Waals surface area (Å²) < 4.78 is 0. The highest BCUT2D eigenvalue weighted by molar-refractivity contribution is 7.13. The highest BCUT2D eigenvalue weighted by atomic mass is 32.1. The molecule has 1 saturated heterocycles. The van der Waals surface area contributed by atoms with Crippen molar-refractivity contribution in [3.8, 4) is 22.5 Å². The zero-order chi connectivity index (χ0) is 19.4. The minimum absolute atomic E-state index is 0.0807. The molecule has 0 radical (unpaired) electrons. The molecular weight excluding hydrogens is 362 g/mol. The predicted octanol–water partition coefficient (Wildman–Crippen LogP) is 2.27. The molecule has 8 heteroatoms. The number of nitriles is 1. The Hall–Kier alpha value is -2.50. The van der Waals surface area contributed by atoms with Gasteiger partial charge in [0.15, 0.2) is 0 Å². The van der Waals surface area contributed by atoms with E-state index < -0.39 is 0 Å². The number of nitrogens with zero attached hydrogens (tertiary/aromatic N) is 5. The molecule has 2 aromatic heterocycles. The van der Waals surface area contributed by atoms with Crippen LogP contribution in [0.5, 0.6) is 5.75 Å². The zero-order valence-electron chi connectivity index (χ0n) is 15.6. The molecule has 142 valence electrons. The van der Waals surface area contributed by atoms with Crippen molar-refractivity contribution in [1.82, 2.24) is 19.8 Å². The number of likely N-dealkylation sites (tertiary alicyclic amines) is 1. The third kappa shape index (κ3) is 4.26. The SMILES string of the molecule is CCN(CC)C1CCN(C(=O)Cc2csc(-c3ncc(C#N)cc3O)n2)C1. The minimum atomic E-state index is -0.0807. The molecule has 27 heavy (non-hydrogen) atoms. The Morgan fingerprint density at radius 1 is 1.48 bits per heavy atom. The molecule has 0 aliphatic carbocycles. The summed E-state index contributed by atoms with van der Waals surface area (Å²) in [5, 5.41) is 21.3. The van der Waals surface area contributed by atoms with E-state index in [1.165, 1.54) is 23.6 Å². The fourth-order valence-corrected chi connectivity index (χ4v) is 4.27. The van der Waals surface area contributed by atoms with Crippen molar-refractivity contribution < 1.29 is 9.90 Å². The van der Waals surface area contributed by atoms with Gasteiger partial charge in [0.05, 0.1) is 17.7 Å². The van der Waals surface area contributed by atoms with Crippen LogP contribution in [0.1, 0.15) is 31.5 Å². The van der Waals surface area contributed by atoms with E-state index in [1.807, 2.05) is 16.3 Å². The van der Waals surface area contributed by atoms with E-state index in [0.717, 1.165) is 32.6 Å². The van der Waals surface area contributed by atoms with Gasteiger partial charge in [-0.2, -0.15) is 5.26 Å². The standard InChI is InChI=1S/C19H23N5O2S/c1-3-23(4-2)15-5-6-24(11-15)17(26)8-14-12-27-19(22-14)18-16(25)7-13(9-20)10-21-18/h7,10,12,15,25H,3-6,8,11H2,1-2H3. The number of aromatic nitrogens is 2. The summed E-state index contributed by atoms with van der Waals surface area (Å²) in [7, 11) is 0. The Morgan fingerprint density at radius 2 is 2.26 bits per heavy atom. The van der Waals surface area contributed by atoms with Crippen molar-refractivity contribution in [3.05, 3.63) is 28.9 Å². The maximum absolute atomic E-state index is 12.6. The Labute approximate surface area is 162 Å². The van der Waals surface area contributed by atoms with E-state index in [4.69, 9.17) is 5.26 Å². The molecule has 1 unspecified atom stereocenters. The Bertz CT molecular complexity index is 856. The number of thiazole rings is 1. The summed E-state index contributed by atoms with van der Waals surface area (Å²) in [5.41, 5.74) is 1.30. The van der Waals surface area contributed by atoms with Crippen LogP contribution in [0.4, 0.5) is 0 Å². The lowest BCUT2D eigenvalue weighted by Crippen LogP contribution is -2.39. The lowest BCUT2D eigenvalue weighted by molar-refractivity contribution is -0.129. The summed E-state index contributed by atoms with van der Waals surface area (Å²) in [6.45, 7) is 7.86. The van der Waals surface area contributed by atoms with E-state index in [9.17, 15) is 9.90 Å². The van der Waals surface area contributed by atoms with Crippen molar-refractivity contribution >= 4 is 17.2 Å². The van der Waals surface area contributed by atoms with Crippen molar-refractivity contribution in [1.29, 1.82) is 5.26 Å². The lowest BCUT2D eigenvalue weighted by atomic mass is 10.2. The molecule has 0 spiro atoms. The zero-order valence-corrected chi connectivity index (χ0v) is 16.4. The molecule has 3 rings (SSSR count). The molecule has 1 amide bonds. The third-order valence-electron chi connectivity index (χ3n) is 4.93. The second-order valence-electron chi connectivity index (χ2n) is 6.53. The number of amides is 1. The molecule has 1 aliphatic heterocycles. The molecule has 1 N–H and O–H groups in total. The molecule has 0 aromatic carbocycles. The summed E-state index contributed by atoms with van der Waals surface area (Å²) in [4.78, 5) is 25.5. The Balaban J connectivity index is 1.64. The number of hydrogen-bond acceptors (Lipinski definition) is 7. The third-order valence-corrected chi connectivity index (χ3v) is 5.83. The first-order valence-electron chi connectivity index (χ1n) is 9.11. The van der Waals surface area contributed by atoms with Crippen LogP contribution in [-0.2, 0) is 11.2 Å². The number of likely N-dealkylation sites (N-methyl/N-ethyl adjacent to an activating group) is 1. The number of hydrogen-bond donors (Lipinski definition) is 1. The predicted molar refractivity (Wildman–Crippen MR) is 103 cm³/mol. The maximum Gasteiger partial charge on any atom is 0.228 e. The second-order valence-corrected chi connectivity index (χ2v) is 7.39. The van der Waals surface area contributed by atoms with Gasteiger partial charge >= 0.3 is 0 Å². The van der Waals surface area contributed by atoms with Crippen LogP contribution in [0.15, 0.2) is 17.6 Å². The highest BCUT2D eigenvalue weighted by Crippen LogP contribution is 2.30. The highest BCUT2D eigenvalue weighted by Gasteiger charge is 2.29. The first kappa shape index (κ1) is 19.3. The first-order chi connectivity index (χ1) is 13.0. The van der Waals surface area contributed by atoms with Gasteiger partial charge in [0.25, 0.3) is 0 Å². The van der Waals surface area contributed by atoms with Gasteiger partial charge in [0, 0.05) is 36.8 Å². The van der Waals surface area contributed by atoms with Crippen LogP contribution >= 0.6 is 11.3 Å². The van der Waals surface area contributed by atoms with E-state index in [1.54, 1.807) is 0 Å². The van der Waals surface area contributed by atoms with Crippen LogP contribution < -0.4 is 0 Å². The van der Waals surface area contributed by atoms with Gasteiger partial charge in [-0.05, 0) is 19.5 Å². The Kier molecular flexibility index (Phi) is 6.04. The molecule has 2 aromatic rings. The first-order valence-corrected chi connectivity index (χ1v) is 9.99. The van der Waals surface area contributed by atoms with Crippen LogP contribution in [0, 0.1) is 11.3 Å². The van der Waals surface area contributed by atoms with E-state index >= 15 is 0 Å².